The van der Waals surface area contributed by atoms with Crippen molar-refractivity contribution in [1.82, 2.24) is 4.98 Å². The lowest BCUT2D eigenvalue weighted by atomic mass is 10.1. The standard InChI is InChI=1S/C16H24NO7S.ClH/c18-5-13-14(22)11(20)7-25(13)8-12(21)15-10(19)6-23-16(24-15)9-1-3-17-4-2-9;/h1-4,10-16,18-22H,5-8H2;1H/q+1;/p-1/t10-,11-,12-,13-,14+,15+,16?,25?;/m1./s1. The molecule has 1 aromatic rings. The predicted molar refractivity (Wildman–Crippen MR) is 89.8 cm³/mol. The van der Waals surface area contributed by atoms with Crippen molar-refractivity contribution in [1.29, 1.82) is 0 Å². The average Bonchev–Trinajstić information content (AvgIpc) is 2.89. The number of halogens is 1. The smallest absolute Gasteiger partial charge is 0.184 e. The zero-order valence-corrected chi connectivity index (χ0v) is 15.5. The molecule has 2 aliphatic rings. The van der Waals surface area contributed by atoms with Crippen LogP contribution in [0.15, 0.2) is 24.5 Å². The molecule has 1 aromatic heterocycles. The van der Waals surface area contributed by atoms with E-state index in [2.05, 4.69) is 4.98 Å². The summed E-state index contributed by atoms with van der Waals surface area (Å²) >= 11 is 0. The second-order valence-electron chi connectivity index (χ2n) is 6.33. The summed E-state index contributed by atoms with van der Waals surface area (Å²) in [5.74, 6) is 0.542. The first kappa shape index (κ1) is 21.8. The van der Waals surface area contributed by atoms with Crippen LogP contribution >= 0.6 is 0 Å². The van der Waals surface area contributed by atoms with Crippen molar-refractivity contribution < 1.29 is 47.4 Å². The van der Waals surface area contributed by atoms with Crippen molar-refractivity contribution in [3.63, 3.8) is 0 Å². The summed E-state index contributed by atoms with van der Waals surface area (Å²) in [4.78, 5) is 3.93. The Labute approximate surface area is 160 Å². The first-order valence-corrected chi connectivity index (χ1v) is 9.80. The number of rotatable bonds is 5. The summed E-state index contributed by atoms with van der Waals surface area (Å²) in [5.41, 5.74) is 0.737. The number of hydrogen-bond acceptors (Lipinski definition) is 8. The van der Waals surface area contributed by atoms with E-state index in [0.29, 0.717) is 5.75 Å². The van der Waals surface area contributed by atoms with Gasteiger partial charge in [0.05, 0.1) is 13.2 Å². The first-order chi connectivity index (χ1) is 12.0. The molecular formula is C16H24ClNO7S. The molecule has 0 aromatic carbocycles. The van der Waals surface area contributed by atoms with Crippen LogP contribution in [0.5, 0.6) is 0 Å². The molecule has 3 heterocycles. The highest BCUT2D eigenvalue weighted by molar-refractivity contribution is 7.97. The monoisotopic (exact) mass is 409 g/mol. The number of aliphatic hydroxyl groups excluding tert-OH is 5. The molecular weight excluding hydrogens is 386 g/mol. The zero-order valence-electron chi connectivity index (χ0n) is 14.0. The molecule has 10 heteroatoms. The third-order valence-corrected chi connectivity index (χ3v) is 7.41. The highest BCUT2D eigenvalue weighted by Crippen LogP contribution is 2.30. The molecule has 0 radical (unpaired) electrons. The highest BCUT2D eigenvalue weighted by Gasteiger charge is 2.51. The van der Waals surface area contributed by atoms with E-state index in [1.165, 1.54) is 0 Å². The number of ether oxygens (including phenoxy) is 2. The molecule has 148 valence electrons. The van der Waals surface area contributed by atoms with E-state index < -0.39 is 53.0 Å². The summed E-state index contributed by atoms with van der Waals surface area (Å²) in [5, 5.41) is 49.4. The number of aliphatic hydroxyl groups is 5. The normalized spacial score (nSPS) is 38.6. The van der Waals surface area contributed by atoms with E-state index >= 15 is 0 Å². The average molecular weight is 410 g/mol. The highest BCUT2D eigenvalue weighted by atomic mass is 35.5. The van der Waals surface area contributed by atoms with Crippen molar-refractivity contribution in [3.05, 3.63) is 30.1 Å². The van der Waals surface area contributed by atoms with Crippen molar-refractivity contribution in [2.75, 3.05) is 24.7 Å². The molecule has 2 aliphatic heterocycles. The van der Waals surface area contributed by atoms with Gasteiger partial charge in [0, 0.05) is 28.9 Å². The minimum atomic E-state index is -1.00. The fourth-order valence-electron chi connectivity index (χ4n) is 3.20. The topological polar surface area (TPSA) is 132 Å². The van der Waals surface area contributed by atoms with Gasteiger partial charge in [-0.3, -0.25) is 4.98 Å². The maximum Gasteiger partial charge on any atom is 0.184 e. The van der Waals surface area contributed by atoms with Crippen LogP contribution in [0.3, 0.4) is 0 Å². The molecule has 0 saturated carbocycles. The molecule has 5 N–H and O–H groups in total. The Morgan fingerprint density at radius 1 is 1.19 bits per heavy atom. The van der Waals surface area contributed by atoms with Gasteiger partial charge in [-0.2, -0.15) is 0 Å². The van der Waals surface area contributed by atoms with Gasteiger partial charge in [0.1, 0.15) is 42.0 Å². The number of hydrogen-bond donors (Lipinski definition) is 5. The van der Waals surface area contributed by atoms with E-state index in [9.17, 15) is 25.5 Å². The summed E-state index contributed by atoms with van der Waals surface area (Å²) < 4.78 is 11.2. The van der Waals surface area contributed by atoms with Crippen LogP contribution in [0.25, 0.3) is 0 Å². The summed E-state index contributed by atoms with van der Waals surface area (Å²) in [7, 11) is -0.570. The van der Waals surface area contributed by atoms with Gasteiger partial charge in [-0.05, 0) is 12.1 Å². The van der Waals surface area contributed by atoms with Crippen LogP contribution in [-0.4, -0.2) is 91.0 Å². The van der Waals surface area contributed by atoms with Crippen molar-refractivity contribution >= 4 is 10.9 Å². The molecule has 8 nitrogen and oxygen atoms in total. The SMILES string of the molecule is OC[C@@H]1[C@@H](O)[C@H](O)C[S+]1C[C@@H](O)[C@H]1OC(c2ccncc2)OC[C@H]1O.[Cl-]. The lowest BCUT2D eigenvalue weighted by molar-refractivity contribution is -0.273. The minimum absolute atomic E-state index is 0. The zero-order chi connectivity index (χ0) is 18.0. The fraction of sp³-hybridized carbons (Fsp3) is 0.688. The van der Waals surface area contributed by atoms with Gasteiger partial charge in [-0.1, -0.05) is 0 Å². The van der Waals surface area contributed by atoms with Gasteiger partial charge in [0.15, 0.2) is 11.5 Å². The van der Waals surface area contributed by atoms with E-state index in [1.54, 1.807) is 24.5 Å². The molecule has 26 heavy (non-hydrogen) atoms. The minimum Gasteiger partial charge on any atom is -1.00 e. The Bertz CT molecular complexity index is 557. The van der Waals surface area contributed by atoms with Crippen LogP contribution in [-0.2, 0) is 20.4 Å². The Morgan fingerprint density at radius 3 is 2.54 bits per heavy atom. The summed E-state index contributed by atoms with van der Waals surface area (Å²) in [6.07, 6.45) is -2.24. The van der Waals surface area contributed by atoms with Gasteiger partial charge in [0.25, 0.3) is 0 Å². The van der Waals surface area contributed by atoms with Crippen molar-refractivity contribution in [2.45, 2.75) is 42.1 Å². The number of aromatic nitrogens is 1. The fourth-order valence-corrected chi connectivity index (χ4v) is 5.88. The second kappa shape index (κ2) is 9.63. The Morgan fingerprint density at radius 2 is 1.88 bits per heavy atom. The van der Waals surface area contributed by atoms with Crippen LogP contribution in [0.1, 0.15) is 11.9 Å². The summed E-state index contributed by atoms with van der Waals surface area (Å²) in [6.45, 7) is -0.234. The Balaban J connectivity index is 0.00000243. The largest absolute Gasteiger partial charge is 1.00 e. The maximum atomic E-state index is 10.6. The molecule has 0 spiro atoms. The first-order valence-electron chi connectivity index (χ1n) is 8.17. The van der Waals surface area contributed by atoms with Gasteiger partial charge in [-0.25, -0.2) is 0 Å². The molecule has 2 saturated heterocycles. The van der Waals surface area contributed by atoms with E-state index in [0.717, 1.165) is 5.56 Å². The summed E-state index contributed by atoms with van der Waals surface area (Å²) in [6, 6.07) is 3.47. The van der Waals surface area contributed by atoms with Gasteiger partial charge < -0.3 is 47.4 Å². The molecule has 2 unspecified atom stereocenters. The van der Waals surface area contributed by atoms with Crippen molar-refractivity contribution in [2.24, 2.45) is 0 Å². The predicted octanol–water partition coefficient (Wildman–Crippen LogP) is -5.06. The molecule has 8 atom stereocenters. The van der Waals surface area contributed by atoms with Gasteiger partial charge >= 0.3 is 0 Å². The third-order valence-electron chi connectivity index (χ3n) is 4.59. The molecule has 0 amide bonds. The molecule has 3 rings (SSSR count). The Kier molecular flexibility index (Phi) is 8.08. The van der Waals surface area contributed by atoms with Crippen LogP contribution in [0.2, 0.25) is 0 Å². The number of pyridine rings is 1. The third kappa shape index (κ3) is 4.67. The Hall–Kier alpha value is -0.490. The number of nitrogens with zero attached hydrogens (tertiary/aromatic N) is 1. The van der Waals surface area contributed by atoms with Crippen LogP contribution < -0.4 is 12.4 Å². The van der Waals surface area contributed by atoms with E-state index in [1.807, 2.05) is 0 Å². The molecule has 0 aliphatic carbocycles. The van der Waals surface area contributed by atoms with Crippen molar-refractivity contribution in [3.8, 4) is 0 Å². The molecule has 0 bridgehead atoms. The van der Waals surface area contributed by atoms with E-state index in [4.69, 9.17) is 9.47 Å². The second-order valence-corrected chi connectivity index (χ2v) is 8.68. The van der Waals surface area contributed by atoms with Gasteiger partial charge in [0.2, 0.25) is 0 Å². The maximum absolute atomic E-state index is 10.6. The van der Waals surface area contributed by atoms with Crippen LogP contribution in [0.4, 0.5) is 0 Å². The van der Waals surface area contributed by atoms with Gasteiger partial charge in [-0.15, -0.1) is 0 Å². The van der Waals surface area contributed by atoms with E-state index in [-0.39, 0.29) is 31.4 Å². The van der Waals surface area contributed by atoms with Crippen LogP contribution in [0, 0.1) is 0 Å². The molecule has 2 fully saturated rings. The lowest BCUT2D eigenvalue weighted by Crippen LogP contribution is -3.00. The quantitative estimate of drug-likeness (QED) is 0.305. The lowest BCUT2D eigenvalue weighted by Gasteiger charge is -2.36.